The molecule has 1 aromatic carbocycles. The van der Waals surface area contributed by atoms with Gasteiger partial charge in [-0.25, -0.2) is 4.57 Å². The Morgan fingerprint density at radius 3 is 2.43 bits per heavy atom. The second kappa shape index (κ2) is 10.3. The van der Waals surface area contributed by atoms with E-state index in [4.69, 9.17) is 0 Å². The maximum absolute atomic E-state index is 3.23. The van der Waals surface area contributed by atoms with Gasteiger partial charge in [-0.1, -0.05) is 69.9 Å². The van der Waals surface area contributed by atoms with E-state index in [1.165, 1.54) is 56.9 Å². The standard InChI is InChI=1S/C21H32N2/c1-3-5-6-7-11-14-21(23-16-15-22-18-23)20(4-2)17-19-12-9-8-10-13-19/h8-10,12-13,15-16,18,20-21H,3-7,11,14,17H2,1-2H3/p+1. The first-order chi connectivity index (χ1) is 11.3. The predicted octanol–water partition coefficient (Wildman–Crippen LogP) is 5.47. The molecule has 0 saturated carbocycles. The molecule has 2 nitrogen and oxygen atoms in total. The quantitative estimate of drug-likeness (QED) is 0.419. The van der Waals surface area contributed by atoms with Crippen molar-refractivity contribution < 1.29 is 4.57 Å². The summed E-state index contributed by atoms with van der Waals surface area (Å²) in [6.07, 6.45) is 16.9. The molecule has 0 bridgehead atoms. The highest BCUT2D eigenvalue weighted by Gasteiger charge is 2.25. The van der Waals surface area contributed by atoms with Crippen molar-refractivity contribution in [2.45, 2.75) is 71.3 Å². The number of nitrogens with zero attached hydrogens (tertiary/aromatic N) is 1. The molecule has 1 aromatic heterocycles. The van der Waals surface area contributed by atoms with E-state index >= 15 is 0 Å². The van der Waals surface area contributed by atoms with Crippen LogP contribution in [0.3, 0.4) is 0 Å². The first kappa shape index (κ1) is 17.8. The summed E-state index contributed by atoms with van der Waals surface area (Å²) >= 11 is 0. The third-order valence-electron chi connectivity index (χ3n) is 4.96. The number of nitrogens with one attached hydrogen (secondary N) is 1. The lowest BCUT2D eigenvalue weighted by Crippen LogP contribution is -2.42. The molecule has 126 valence electrons. The van der Waals surface area contributed by atoms with Crippen LogP contribution in [0.5, 0.6) is 0 Å². The predicted molar refractivity (Wildman–Crippen MR) is 97.3 cm³/mol. The van der Waals surface area contributed by atoms with Gasteiger partial charge in [0.15, 0.2) is 0 Å². The van der Waals surface area contributed by atoms with Gasteiger partial charge in [-0.15, -0.1) is 0 Å². The lowest BCUT2D eigenvalue weighted by Gasteiger charge is -2.24. The van der Waals surface area contributed by atoms with Gasteiger partial charge >= 0.3 is 0 Å². The minimum absolute atomic E-state index is 0.605. The Kier molecular flexibility index (Phi) is 7.92. The van der Waals surface area contributed by atoms with Crippen LogP contribution < -0.4 is 4.57 Å². The summed E-state index contributed by atoms with van der Waals surface area (Å²) in [4.78, 5) is 3.23. The molecule has 2 aromatic rings. The molecule has 1 heterocycles. The second-order valence-corrected chi connectivity index (χ2v) is 6.69. The zero-order chi connectivity index (χ0) is 16.3. The van der Waals surface area contributed by atoms with Gasteiger partial charge in [0.1, 0.15) is 18.4 Å². The summed E-state index contributed by atoms with van der Waals surface area (Å²) in [7, 11) is 0. The van der Waals surface area contributed by atoms with Crippen molar-refractivity contribution in [2.75, 3.05) is 0 Å². The van der Waals surface area contributed by atoms with Gasteiger partial charge in [0, 0.05) is 5.92 Å². The summed E-state index contributed by atoms with van der Waals surface area (Å²) < 4.78 is 2.40. The molecule has 0 aliphatic carbocycles. The number of aromatic nitrogens is 2. The highest BCUT2D eigenvalue weighted by Crippen LogP contribution is 2.26. The number of benzene rings is 1. The monoisotopic (exact) mass is 313 g/mol. The SMILES string of the molecule is CCCCCCCC(C(CC)Cc1ccccc1)[n+]1cc[nH]c1. The zero-order valence-electron chi connectivity index (χ0n) is 14.9. The lowest BCUT2D eigenvalue weighted by molar-refractivity contribution is -0.730. The van der Waals surface area contributed by atoms with Crippen LogP contribution in [-0.2, 0) is 6.42 Å². The van der Waals surface area contributed by atoms with Crippen LogP contribution in [0.25, 0.3) is 0 Å². The Labute approximate surface area is 142 Å². The Morgan fingerprint density at radius 2 is 1.78 bits per heavy atom. The van der Waals surface area contributed by atoms with Crippen LogP contribution in [0.2, 0.25) is 0 Å². The van der Waals surface area contributed by atoms with Crippen LogP contribution in [0, 0.1) is 5.92 Å². The maximum Gasteiger partial charge on any atom is 0.241 e. The summed E-state index contributed by atoms with van der Waals surface area (Å²) in [6, 6.07) is 11.6. The highest BCUT2D eigenvalue weighted by molar-refractivity contribution is 5.15. The molecule has 0 amide bonds. The van der Waals surface area contributed by atoms with E-state index in [-0.39, 0.29) is 0 Å². The first-order valence-corrected chi connectivity index (χ1v) is 9.42. The molecular formula is C21H33N2+. The highest BCUT2D eigenvalue weighted by atomic mass is 15.1. The fourth-order valence-electron chi connectivity index (χ4n) is 3.56. The fourth-order valence-corrected chi connectivity index (χ4v) is 3.56. The minimum Gasteiger partial charge on any atom is -0.250 e. The number of hydrogen-bond donors (Lipinski definition) is 1. The molecule has 2 rings (SSSR count). The molecule has 2 atom stereocenters. The molecule has 2 heteroatoms. The van der Waals surface area contributed by atoms with Gasteiger partial charge in [-0.05, 0) is 31.2 Å². The number of aromatic amines is 1. The van der Waals surface area contributed by atoms with E-state index in [0.29, 0.717) is 12.0 Å². The van der Waals surface area contributed by atoms with Crippen LogP contribution >= 0.6 is 0 Å². The lowest BCUT2D eigenvalue weighted by atomic mass is 9.86. The Morgan fingerprint density at radius 1 is 1.00 bits per heavy atom. The molecule has 23 heavy (non-hydrogen) atoms. The minimum atomic E-state index is 0.605. The van der Waals surface area contributed by atoms with Crippen molar-refractivity contribution >= 4 is 0 Å². The van der Waals surface area contributed by atoms with Gasteiger partial charge in [0.05, 0.1) is 0 Å². The molecule has 0 radical (unpaired) electrons. The topological polar surface area (TPSA) is 19.7 Å². The van der Waals surface area contributed by atoms with Gasteiger partial charge in [-0.2, -0.15) is 0 Å². The number of unbranched alkanes of at least 4 members (excludes halogenated alkanes) is 4. The summed E-state index contributed by atoms with van der Waals surface area (Å²) in [5.74, 6) is 0.698. The molecule has 1 N–H and O–H groups in total. The summed E-state index contributed by atoms with van der Waals surface area (Å²) in [5, 5.41) is 0. The largest absolute Gasteiger partial charge is 0.250 e. The number of rotatable bonds is 11. The van der Waals surface area contributed by atoms with Crippen molar-refractivity contribution in [3.63, 3.8) is 0 Å². The number of imidazole rings is 1. The van der Waals surface area contributed by atoms with Crippen molar-refractivity contribution in [1.82, 2.24) is 4.98 Å². The molecule has 0 aliphatic heterocycles. The average molecular weight is 314 g/mol. The molecule has 0 fully saturated rings. The van der Waals surface area contributed by atoms with E-state index in [9.17, 15) is 0 Å². The molecular weight excluding hydrogens is 280 g/mol. The van der Waals surface area contributed by atoms with Crippen molar-refractivity contribution in [3.05, 3.63) is 54.6 Å². The van der Waals surface area contributed by atoms with Crippen LogP contribution in [-0.4, -0.2) is 4.98 Å². The Bertz CT molecular complexity index is 504. The third-order valence-corrected chi connectivity index (χ3v) is 4.96. The Hall–Kier alpha value is -1.57. The van der Waals surface area contributed by atoms with E-state index in [2.05, 4.69) is 66.3 Å². The fraction of sp³-hybridized carbons (Fsp3) is 0.571. The van der Waals surface area contributed by atoms with Crippen LogP contribution in [0.4, 0.5) is 0 Å². The normalized spacial score (nSPS) is 13.8. The van der Waals surface area contributed by atoms with Gasteiger partial charge < -0.3 is 0 Å². The third kappa shape index (κ3) is 5.85. The Balaban J connectivity index is 1.99. The average Bonchev–Trinajstić information content (AvgIpc) is 3.12. The van der Waals surface area contributed by atoms with Crippen molar-refractivity contribution in [2.24, 2.45) is 5.92 Å². The van der Waals surface area contributed by atoms with E-state index < -0.39 is 0 Å². The zero-order valence-corrected chi connectivity index (χ0v) is 14.9. The van der Waals surface area contributed by atoms with Gasteiger partial charge in [0.2, 0.25) is 6.33 Å². The summed E-state index contributed by atoms with van der Waals surface area (Å²) in [5.41, 5.74) is 1.46. The molecule has 2 unspecified atom stereocenters. The van der Waals surface area contributed by atoms with Crippen molar-refractivity contribution in [1.29, 1.82) is 0 Å². The van der Waals surface area contributed by atoms with E-state index in [1.54, 1.807) is 0 Å². The first-order valence-electron chi connectivity index (χ1n) is 9.42. The van der Waals surface area contributed by atoms with Crippen LogP contribution in [0.15, 0.2) is 49.1 Å². The number of H-pyrrole nitrogens is 1. The smallest absolute Gasteiger partial charge is 0.241 e. The number of hydrogen-bond acceptors (Lipinski definition) is 0. The van der Waals surface area contributed by atoms with E-state index in [1.807, 2.05) is 6.20 Å². The molecule has 0 spiro atoms. The maximum atomic E-state index is 3.23. The summed E-state index contributed by atoms with van der Waals surface area (Å²) in [6.45, 7) is 4.62. The van der Waals surface area contributed by atoms with Gasteiger partial charge in [-0.3, -0.25) is 4.98 Å². The molecule has 0 aliphatic rings. The van der Waals surface area contributed by atoms with E-state index in [0.717, 1.165) is 0 Å². The van der Waals surface area contributed by atoms with Crippen LogP contribution in [0.1, 0.15) is 70.4 Å². The van der Waals surface area contributed by atoms with Crippen molar-refractivity contribution in [3.8, 4) is 0 Å². The second-order valence-electron chi connectivity index (χ2n) is 6.69. The molecule has 0 saturated heterocycles. The van der Waals surface area contributed by atoms with Gasteiger partial charge in [0.25, 0.3) is 0 Å².